The van der Waals surface area contributed by atoms with Crippen LogP contribution in [0.1, 0.15) is 19.5 Å². The molecule has 0 unspecified atom stereocenters. The quantitative estimate of drug-likeness (QED) is 0.361. The smallest absolute Gasteiger partial charge is 0.159 e. The van der Waals surface area contributed by atoms with E-state index < -0.39 is 5.54 Å². The van der Waals surface area contributed by atoms with Gasteiger partial charge in [0.15, 0.2) is 5.84 Å². The molecular weight excluding hydrogens is 256 g/mol. The number of oxime groups is 1. The molecule has 0 aliphatic carbocycles. The van der Waals surface area contributed by atoms with Crippen molar-refractivity contribution in [2.24, 2.45) is 10.9 Å². The van der Waals surface area contributed by atoms with Gasteiger partial charge in [-0.2, -0.15) is 0 Å². The Balaban J connectivity index is 2.03. The van der Waals surface area contributed by atoms with Crippen molar-refractivity contribution in [2.45, 2.75) is 26.3 Å². The van der Waals surface area contributed by atoms with Crippen molar-refractivity contribution >= 4 is 11.7 Å². The van der Waals surface area contributed by atoms with E-state index in [1.165, 1.54) is 0 Å². The molecule has 1 saturated heterocycles. The molecular formula is C13H22N6O. The minimum atomic E-state index is -0.442. The summed E-state index contributed by atoms with van der Waals surface area (Å²) in [5, 5.41) is 12.0. The Kier molecular flexibility index (Phi) is 4.08. The van der Waals surface area contributed by atoms with Crippen LogP contribution in [-0.4, -0.2) is 57.6 Å². The van der Waals surface area contributed by atoms with E-state index in [9.17, 15) is 0 Å². The molecule has 3 N–H and O–H groups in total. The number of hydrogen-bond donors (Lipinski definition) is 2. The molecule has 0 saturated carbocycles. The summed E-state index contributed by atoms with van der Waals surface area (Å²) < 4.78 is 0. The van der Waals surface area contributed by atoms with Crippen LogP contribution in [0.25, 0.3) is 0 Å². The lowest BCUT2D eigenvalue weighted by molar-refractivity contribution is 0.161. The van der Waals surface area contributed by atoms with E-state index in [1.54, 1.807) is 6.33 Å². The van der Waals surface area contributed by atoms with Crippen molar-refractivity contribution in [3.63, 3.8) is 0 Å². The molecule has 1 aliphatic heterocycles. The zero-order valence-electron chi connectivity index (χ0n) is 12.2. The monoisotopic (exact) mass is 278 g/mol. The molecule has 20 heavy (non-hydrogen) atoms. The highest BCUT2D eigenvalue weighted by atomic mass is 16.4. The first-order chi connectivity index (χ1) is 9.45. The Labute approximate surface area is 119 Å². The Morgan fingerprint density at radius 1 is 1.30 bits per heavy atom. The third-order valence-corrected chi connectivity index (χ3v) is 3.92. The maximum atomic E-state index is 8.87. The van der Waals surface area contributed by atoms with E-state index in [1.807, 2.05) is 26.8 Å². The first-order valence-corrected chi connectivity index (χ1v) is 6.72. The molecule has 2 rings (SSSR count). The van der Waals surface area contributed by atoms with E-state index in [4.69, 9.17) is 10.9 Å². The third kappa shape index (κ3) is 2.82. The SMILES string of the molecule is Cc1cc(N2CCN(C(C)(C)C(N)=NO)CC2)ncn1. The average Bonchev–Trinajstić information content (AvgIpc) is 2.46. The van der Waals surface area contributed by atoms with Gasteiger partial charge < -0.3 is 15.8 Å². The van der Waals surface area contributed by atoms with E-state index >= 15 is 0 Å². The number of piperazine rings is 1. The van der Waals surface area contributed by atoms with Crippen molar-refractivity contribution in [2.75, 3.05) is 31.1 Å². The molecule has 0 bridgehead atoms. The normalized spacial score (nSPS) is 18.4. The second-order valence-corrected chi connectivity index (χ2v) is 5.54. The largest absolute Gasteiger partial charge is 0.409 e. The fraction of sp³-hybridized carbons (Fsp3) is 0.615. The molecule has 7 nitrogen and oxygen atoms in total. The highest BCUT2D eigenvalue weighted by Gasteiger charge is 2.33. The lowest BCUT2D eigenvalue weighted by atomic mass is 10.0. The predicted octanol–water partition coefficient (Wildman–Crippen LogP) is 0.432. The molecule has 0 aromatic carbocycles. The van der Waals surface area contributed by atoms with Gasteiger partial charge in [0.05, 0.1) is 5.54 Å². The first kappa shape index (κ1) is 14.5. The standard InChI is InChI=1S/C13H22N6O/c1-10-8-11(16-9-15-10)18-4-6-19(7-5-18)13(2,3)12(14)17-20/h8-9,20H,4-7H2,1-3H3,(H2,14,17). The summed E-state index contributed by atoms with van der Waals surface area (Å²) in [5.41, 5.74) is 6.30. The lowest BCUT2D eigenvalue weighted by Gasteiger charge is -2.43. The Morgan fingerprint density at radius 2 is 1.95 bits per heavy atom. The summed E-state index contributed by atoms with van der Waals surface area (Å²) in [4.78, 5) is 12.9. The fourth-order valence-corrected chi connectivity index (χ4v) is 2.39. The number of nitrogens with two attached hydrogens (primary N) is 1. The van der Waals surface area contributed by atoms with E-state index in [0.29, 0.717) is 0 Å². The highest BCUT2D eigenvalue weighted by molar-refractivity contribution is 5.88. The molecule has 0 spiro atoms. The lowest BCUT2D eigenvalue weighted by Crippen LogP contribution is -2.59. The Hall–Kier alpha value is -1.89. The van der Waals surface area contributed by atoms with Crippen LogP contribution < -0.4 is 10.6 Å². The Bertz CT molecular complexity index is 493. The van der Waals surface area contributed by atoms with E-state index in [-0.39, 0.29) is 5.84 Å². The number of rotatable bonds is 3. The van der Waals surface area contributed by atoms with Crippen molar-refractivity contribution in [3.8, 4) is 0 Å². The molecule has 7 heteroatoms. The van der Waals surface area contributed by atoms with Gasteiger partial charge in [0.1, 0.15) is 12.1 Å². The Morgan fingerprint density at radius 3 is 2.50 bits per heavy atom. The third-order valence-electron chi connectivity index (χ3n) is 3.92. The molecule has 0 amide bonds. The van der Waals surface area contributed by atoms with Crippen LogP contribution in [0.4, 0.5) is 5.82 Å². The van der Waals surface area contributed by atoms with Gasteiger partial charge in [-0.1, -0.05) is 5.16 Å². The highest BCUT2D eigenvalue weighted by Crippen LogP contribution is 2.20. The van der Waals surface area contributed by atoms with Crippen molar-refractivity contribution in [3.05, 3.63) is 18.1 Å². The molecule has 110 valence electrons. The number of nitrogens with zero attached hydrogens (tertiary/aromatic N) is 5. The maximum Gasteiger partial charge on any atom is 0.159 e. The van der Waals surface area contributed by atoms with Crippen molar-refractivity contribution in [1.82, 2.24) is 14.9 Å². The van der Waals surface area contributed by atoms with Gasteiger partial charge in [-0.15, -0.1) is 0 Å². The summed E-state index contributed by atoms with van der Waals surface area (Å²) in [7, 11) is 0. The van der Waals surface area contributed by atoms with Gasteiger partial charge in [0.2, 0.25) is 0 Å². The van der Waals surface area contributed by atoms with Crippen LogP contribution in [0.5, 0.6) is 0 Å². The predicted molar refractivity (Wildman–Crippen MR) is 78.0 cm³/mol. The van der Waals surface area contributed by atoms with Crippen LogP contribution in [0.15, 0.2) is 17.5 Å². The zero-order chi connectivity index (χ0) is 14.8. The van der Waals surface area contributed by atoms with Crippen LogP contribution in [0.2, 0.25) is 0 Å². The van der Waals surface area contributed by atoms with Crippen LogP contribution in [-0.2, 0) is 0 Å². The van der Waals surface area contributed by atoms with E-state index in [0.717, 1.165) is 37.7 Å². The molecule has 0 atom stereocenters. The maximum absolute atomic E-state index is 8.87. The van der Waals surface area contributed by atoms with Gasteiger partial charge in [0, 0.05) is 37.9 Å². The van der Waals surface area contributed by atoms with Gasteiger partial charge in [0.25, 0.3) is 0 Å². The van der Waals surface area contributed by atoms with Crippen LogP contribution in [0.3, 0.4) is 0 Å². The molecule has 0 radical (unpaired) electrons. The number of amidine groups is 1. The summed E-state index contributed by atoms with van der Waals surface area (Å²) in [6, 6.07) is 1.99. The number of aryl methyl sites for hydroxylation is 1. The van der Waals surface area contributed by atoms with Crippen molar-refractivity contribution in [1.29, 1.82) is 0 Å². The average molecular weight is 278 g/mol. The molecule has 1 aromatic heterocycles. The number of hydrogen-bond acceptors (Lipinski definition) is 6. The molecule has 1 fully saturated rings. The summed E-state index contributed by atoms with van der Waals surface area (Å²) in [5.74, 6) is 1.20. The molecule has 1 aromatic rings. The molecule has 1 aliphatic rings. The topological polar surface area (TPSA) is 90.9 Å². The van der Waals surface area contributed by atoms with Gasteiger partial charge in [-0.25, -0.2) is 9.97 Å². The van der Waals surface area contributed by atoms with Crippen LogP contribution in [0, 0.1) is 6.92 Å². The van der Waals surface area contributed by atoms with Crippen LogP contribution >= 0.6 is 0 Å². The second kappa shape index (κ2) is 5.62. The minimum Gasteiger partial charge on any atom is -0.409 e. The summed E-state index contributed by atoms with van der Waals surface area (Å²) in [6.07, 6.45) is 1.59. The first-order valence-electron chi connectivity index (χ1n) is 6.72. The molecule has 2 heterocycles. The minimum absolute atomic E-state index is 0.240. The van der Waals surface area contributed by atoms with Gasteiger partial charge in [-0.05, 0) is 20.8 Å². The van der Waals surface area contributed by atoms with Gasteiger partial charge in [-0.3, -0.25) is 4.90 Å². The van der Waals surface area contributed by atoms with Crippen molar-refractivity contribution < 1.29 is 5.21 Å². The number of aromatic nitrogens is 2. The zero-order valence-corrected chi connectivity index (χ0v) is 12.2. The second-order valence-electron chi connectivity index (χ2n) is 5.54. The number of anilines is 1. The fourth-order valence-electron chi connectivity index (χ4n) is 2.39. The van der Waals surface area contributed by atoms with Gasteiger partial charge >= 0.3 is 0 Å². The van der Waals surface area contributed by atoms with E-state index in [2.05, 4.69) is 24.9 Å². The summed E-state index contributed by atoms with van der Waals surface area (Å²) in [6.45, 7) is 9.29. The summed E-state index contributed by atoms with van der Waals surface area (Å²) >= 11 is 0.